The van der Waals surface area contributed by atoms with Gasteiger partial charge >= 0.3 is 0 Å². The van der Waals surface area contributed by atoms with Crippen LogP contribution in [0.5, 0.6) is 0 Å². The average molecular weight is 187 g/mol. The number of rotatable bonds is 3. The summed E-state index contributed by atoms with van der Waals surface area (Å²) in [4.78, 5) is 13.0. The number of nitrogens with one attached hydrogen (secondary N) is 2. The van der Waals surface area contributed by atoms with E-state index in [1.807, 2.05) is 30.5 Å². The predicted octanol–water partition coefficient (Wildman–Crippen LogP) is 1.25. The SMILES string of the molecule is O=CN/N=C/c1ccc2cc[nH]c2c1. The molecule has 2 N–H and O–H groups in total. The number of nitrogens with zero attached hydrogens (tertiary/aromatic N) is 1. The molecule has 1 aromatic heterocycles. The van der Waals surface area contributed by atoms with Gasteiger partial charge in [-0.05, 0) is 23.1 Å². The molecule has 2 rings (SSSR count). The molecule has 70 valence electrons. The number of aromatic nitrogens is 1. The average Bonchev–Trinajstić information content (AvgIpc) is 2.65. The monoisotopic (exact) mass is 187 g/mol. The molecule has 0 saturated heterocycles. The Morgan fingerprint density at radius 2 is 2.29 bits per heavy atom. The second kappa shape index (κ2) is 3.74. The lowest BCUT2D eigenvalue weighted by atomic mass is 10.2. The molecule has 1 amide bonds. The Labute approximate surface area is 80.6 Å². The summed E-state index contributed by atoms with van der Waals surface area (Å²) in [7, 11) is 0. The van der Waals surface area contributed by atoms with Crippen molar-refractivity contribution in [3.63, 3.8) is 0 Å². The van der Waals surface area contributed by atoms with Crippen molar-refractivity contribution in [3.05, 3.63) is 36.0 Å². The van der Waals surface area contributed by atoms with Gasteiger partial charge in [0.15, 0.2) is 0 Å². The zero-order chi connectivity index (χ0) is 9.80. The van der Waals surface area contributed by atoms with E-state index in [0.717, 1.165) is 16.5 Å². The molecule has 14 heavy (non-hydrogen) atoms. The number of fused-ring (bicyclic) bond motifs is 1. The molecule has 0 radical (unpaired) electrons. The summed E-state index contributed by atoms with van der Waals surface area (Å²) in [6, 6.07) is 7.89. The third-order valence-electron chi connectivity index (χ3n) is 1.92. The van der Waals surface area contributed by atoms with Gasteiger partial charge in [0.1, 0.15) is 0 Å². The molecule has 0 atom stereocenters. The highest BCUT2D eigenvalue weighted by Crippen LogP contribution is 2.12. The van der Waals surface area contributed by atoms with Gasteiger partial charge in [-0.2, -0.15) is 5.10 Å². The number of carbonyl (C=O) groups excluding carboxylic acids is 1. The number of aromatic amines is 1. The van der Waals surface area contributed by atoms with Gasteiger partial charge in [-0.3, -0.25) is 4.79 Å². The summed E-state index contributed by atoms with van der Waals surface area (Å²) < 4.78 is 0. The first-order valence-electron chi connectivity index (χ1n) is 4.19. The van der Waals surface area contributed by atoms with E-state index in [2.05, 4.69) is 15.5 Å². The lowest BCUT2D eigenvalue weighted by molar-refractivity contribution is -0.109. The van der Waals surface area contributed by atoms with Crippen molar-refractivity contribution in [2.75, 3.05) is 0 Å². The van der Waals surface area contributed by atoms with Crippen LogP contribution in [0.2, 0.25) is 0 Å². The summed E-state index contributed by atoms with van der Waals surface area (Å²) in [5.41, 5.74) is 4.21. The number of hydrogen-bond acceptors (Lipinski definition) is 2. The van der Waals surface area contributed by atoms with E-state index in [1.54, 1.807) is 6.21 Å². The zero-order valence-corrected chi connectivity index (χ0v) is 7.40. The highest BCUT2D eigenvalue weighted by molar-refractivity contribution is 5.88. The van der Waals surface area contributed by atoms with E-state index in [-0.39, 0.29) is 0 Å². The number of H-pyrrole nitrogens is 1. The van der Waals surface area contributed by atoms with Gasteiger partial charge in [-0.25, -0.2) is 5.43 Å². The normalized spacial score (nSPS) is 10.9. The van der Waals surface area contributed by atoms with Crippen LogP contribution in [0, 0.1) is 0 Å². The number of benzene rings is 1. The van der Waals surface area contributed by atoms with Crippen LogP contribution < -0.4 is 5.43 Å². The molecule has 0 aliphatic heterocycles. The first-order valence-corrected chi connectivity index (χ1v) is 4.19. The van der Waals surface area contributed by atoms with Gasteiger partial charge in [0, 0.05) is 11.7 Å². The number of hydrogen-bond donors (Lipinski definition) is 2. The molecule has 0 aliphatic rings. The largest absolute Gasteiger partial charge is 0.361 e. The molecule has 4 heteroatoms. The van der Waals surface area contributed by atoms with Crippen LogP contribution in [0.4, 0.5) is 0 Å². The molecule has 0 unspecified atom stereocenters. The van der Waals surface area contributed by atoms with Crippen molar-refractivity contribution >= 4 is 23.5 Å². The van der Waals surface area contributed by atoms with E-state index in [9.17, 15) is 4.79 Å². The number of carbonyl (C=O) groups is 1. The fourth-order valence-corrected chi connectivity index (χ4v) is 1.29. The summed E-state index contributed by atoms with van der Waals surface area (Å²) in [5, 5.41) is 4.85. The first-order chi connectivity index (χ1) is 6.90. The van der Waals surface area contributed by atoms with E-state index >= 15 is 0 Å². The van der Waals surface area contributed by atoms with E-state index in [4.69, 9.17) is 0 Å². The third kappa shape index (κ3) is 1.64. The summed E-state index contributed by atoms with van der Waals surface area (Å²) in [6.45, 7) is 0. The summed E-state index contributed by atoms with van der Waals surface area (Å²) in [5.74, 6) is 0. The second-order valence-corrected chi connectivity index (χ2v) is 2.83. The van der Waals surface area contributed by atoms with Crippen molar-refractivity contribution in [2.45, 2.75) is 0 Å². The highest BCUT2D eigenvalue weighted by Gasteiger charge is 1.93. The quantitative estimate of drug-likeness (QED) is 0.424. The standard InChI is InChI=1S/C10H9N3O/c14-7-13-12-6-8-1-2-9-3-4-11-10(9)5-8/h1-7,11H,(H,13,14)/b12-6+. The molecular weight excluding hydrogens is 178 g/mol. The van der Waals surface area contributed by atoms with Gasteiger partial charge < -0.3 is 4.98 Å². The molecule has 1 aromatic carbocycles. The molecule has 0 spiro atoms. The Kier molecular flexibility index (Phi) is 2.27. The maximum Gasteiger partial charge on any atom is 0.227 e. The van der Waals surface area contributed by atoms with Crippen LogP contribution in [0.25, 0.3) is 10.9 Å². The Morgan fingerprint density at radius 1 is 1.36 bits per heavy atom. The Balaban J connectivity index is 2.29. The molecule has 1 heterocycles. The molecule has 0 fully saturated rings. The van der Waals surface area contributed by atoms with Gasteiger partial charge in [-0.1, -0.05) is 12.1 Å². The topological polar surface area (TPSA) is 57.2 Å². The minimum Gasteiger partial charge on any atom is -0.361 e. The second-order valence-electron chi connectivity index (χ2n) is 2.83. The van der Waals surface area contributed by atoms with Gasteiger partial charge in [0.25, 0.3) is 0 Å². The third-order valence-corrected chi connectivity index (χ3v) is 1.92. The van der Waals surface area contributed by atoms with Gasteiger partial charge in [-0.15, -0.1) is 0 Å². The Hall–Kier alpha value is -2.10. The van der Waals surface area contributed by atoms with Crippen LogP contribution in [-0.2, 0) is 4.79 Å². The maximum atomic E-state index is 9.94. The van der Waals surface area contributed by atoms with Crippen LogP contribution in [-0.4, -0.2) is 17.6 Å². The van der Waals surface area contributed by atoms with E-state index in [0.29, 0.717) is 6.41 Å². The van der Waals surface area contributed by atoms with Crippen molar-refractivity contribution in [2.24, 2.45) is 5.10 Å². The van der Waals surface area contributed by atoms with Crippen LogP contribution in [0.3, 0.4) is 0 Å². The summed E-state index contributed by atoms with van der Waals surface area (Å²) in [6.07, 6.45) is 4.01. The van der Waals surface area contributed by atoms with Crippen LogP contribution in [0.15, 0.2) is 35.6 Å². The smallest absolute Gasteiger partial charge is 0.227 e. The van der Waals surface area contributed by atoms with Crippen molar-refractivity contribution < 1.29 is 4.79 Å². The van der Waals surface area contributed by atoms with Crippen LogP contribution >= 0.6 is 0 Å². The van der Waals surface area contributed by atoms with Crippen LogP contribution in [0.1, 0.15) is 5.56 Å². The van der Waals surface area contributed by atoms with Crippen molar-refractivity contribution in [1.29, 1.82) is 0 Å². The Morgan fingerprint density at radius 3 is 3.14 bits per heavy atom. The minimum absolute atomic E-state index is 0.531. The number of amides is 1. The molecule has 4 nitrogen and oxygen atoms in total. The zero-order valence-electron chi connectivity index (χ0n) is 7.40. The fraction of sp³-hybridized carbons (Fsp3) is 0. The fourth-order valence-electron chi connectivity index (χ4n) is 1.29. The lowest BCUT2D eigenvalue weighted by Crippen LogP contribution is -2.00. The minimum atomic E-state index is 0.531. The van der Waals surface area contributed by atoms with Crippen molar-refractivity contribution in [1.82, 2.24) is 10.4 Å². The molecular formula is C10H9N3O. The Bertz CT molecular complexity index is 473. The molecule has 0 saturated carbocycles. The molecule has 0 aliphatic carbocycles. The van der Waals surface area contributed by atoms with Crippen molar-refractivity contribution in [3.8, 4) is 0 Å². The predicted molar refractivity (Wildman–Crippen MR) is 55.1 cm³/mol. The maximum absolute atomic E-state index is 9.94. The first kappa shape index (κ1) is 8.50. The molecule has 2 aromatic rings. The summed E-state index contributed by atoms with van der Waals surface area (Å²) >= 11 is 0. The van der Waals surface area contributed by atoms with E-state index < -0.39 is 0 Å². The molecule has 0 bridgehead atoms. The number of hydrazone groups is 1. The van der Waals surface area contributed by atoms with Gasteiger partial charge in [0.05, 0.1) is 6.21 Å². The highest BCUT2D eigenvalue weighted by atomic mass is 16.1. The van der Waals surface area contributed by atoms with Gasteiger partial charge in [0.2, 0.25) is 6.41 Å². The van der Waals surface area contributed by atoms with E-state index in [1.165, 1.54) is 0 Å². The lowest BCUT2D eigenvalue weighted by Gasteiger charge is -1.93.